The molecule has 1 saturated heterocycles. The normalized spacial score (nSPS) is 15.2. The van der Waals surface area contributed by atoms with E-state index in [0.29, 0.717) is 28.0 Å². The van der Waals surface area contributed by atoms with Crippen LogP contribution < -0.4 is 10.2 Å². The number of nitrogens with one attached hydrogen (secondary N) is 1. The third-order valence-electron chi connectivity index (χ3n) is 6.00. The van der Waals surface area contributed by atoms with E-state index in [1.54, 1.807) is 42.5 Å². The molecule has 10 heteroatoms. The highest BCUT2D eigenvalue weighted by atomic mass is 35.5. The van der Waals surface area contributed by atoms with Crippen LogP contribution in [0.5, 0.6) is 0 Å². The molecule has 1 N–H and O–H groups in total. The Balaban J connectivity index is 1.69. The van der Waals surface area contributed by atoms with Crippen LogP contribution in [0, 0.1) is 11.3 Å². The summed E-state index contributed by atoms with van der Waals surface area (Å²) in [7, 11) is 0. The summed E-state index contributed by atoms with van der Waals surface area (Å²) in [6.07, 6.45) is -4.83. The van der Waals surface area contributed by atoms with Crippen molar-refractivity contribution in [3.05, 3.63) is 88.4 Å². The maximum atomic E-state index is 13.5. The monoisotopic (exact) mass is 512 g/mol. The standard InChI is InChI=1S/C26H20ClF3N4O2/c1-25(2)23(35)34(18-12-11-16(14-31)19(13-18)26(28,29)30)24(36)33(25)15-17-7-3-5-9-21(17)32-22-10-6-4-8-20(22)27/h3-13,32H,15H2,1-2H3. The molecule has 36 heavy (non-hydrogen) atoms. The lowest BCUT2D eigenvalue weighted by Crippen LogP contribution is -2.43. The van der Waals surface area contributed by atoms with Gasteiger partial charge in [0.25, 0.3) is 5.91 Å². The maximum absolute atomic E-state index is 13.5. The Hall–Kier alpha value is -4.03. The van der Waals surface area contributed by atoms with Gasteiger partial charge >= 0.3 is 12.2 Å². The first-order valence-electron chi connectivity index (χ1n) is 10.8. The first-order valence-corrected chi connectivity index (χ1v) is 11.2. The van der Waals surface area contributed by atoms with E-state index in [-0.39, 0.29) is 12.2 Å². The zero-order chi connectivity index (χ0) is 26.3. The Morgan fingerprint density at radius 1 is 1.00 bits per heavy atom. The number of hydrogen-bond acceptors (Lipinski definition) is 4. The number of nitriles is 1. The first-order chi connectivity index (χ1) is 16.9. The second kappa shape index (κ2) is 9.21. The van der Waals surface area contributed by atoms with Gasteiger partial charge in [0.05, 0.1) is 40.1 Å². The van der Waals surface area contributed by atoms with Crippen LogP contribution in [0.4, 0.5) is 35.0 Å². The van der Waals surface area contributed by atoms with Crippen molar-refractivity contribution in [3.8, 4) is 6.07 Å². The predicted molar refractivity (Wildman–Crippen MR) is 130 cm³/mol. The molecule has 0 spiro atoms. The van der Waals surface area contributed by atoms with E-state index < -0.39 is 34.8 Å². The van der Waals surface area contributed by atoms with Crippen molar-refractivity contribution in [1.29, 1.82) is 5.26 Å². The Morgan fingerprint density at radius 2 is 1.64 bits per heavy atom. The van der Waals surface area contributed by atoms with Crippen molar-refractivity contribution in [2.75, 3.05) is 10.2 Å². The van der Waals surface area contributed by atoms with E-state index in [4.69, 9.17) is 16.9 Å². The van der Waals surface area contributed by atoms with E-state index in [9.17, 15) is 22.8 Å². The lowest BCUT2D eigenvalue weighted by molar-refractivity contribution is -0.137. The molecule has 1 heterocycles. The molecule has 0 atom stereocenters. The second-order valence-corrected chi connectivity index (χ2v) is 9.08. The van der Waals surface area contributed by atoms with Gasteiger partial charge in [-0.15, -0.1) is 0 Å². The highest BCUT2D eigenvalue weighted by molar-refractivity contribution is 6.33. The maximum Gasteiger partial charge on any atom is 0.417 e. The topological polar surface area (TPSA) is 76.4 Å². The second-order valence-electron chi connectivity index (χ2n) is 8.67. The molecule has 1 aliphatic heterocycles. The minimum absolute atomic E-state index is 0.00407. The zero-order valence-electron chi connectivity index (χ0n) is 19.2. The summed E-state index contributed by atoms with van der Waals surface area (Å²) >= 11 is 6.26. The molecule has 0 bridgehead atoms. The van der Waals surface area contributed by atoms with Crippen LogP contribution in [0.15, 0.2) is 66.7 Å². The van der Waals surface area contributed by atoms with E-state index >= 15 is 0 Å². The van der Waals surface area contributed by atoms with Crippen molar-refractivity contribution in [3.63, 3.8) is 0 Å². The molecular formula is C26H20ClF3N4O2. The Bertz CT molecular complexity index is 1400. The first kappa shape index (κ1) is 25.1. The van der Waals surface area contributed by atoms with E-state index in [1.807, 2.05) is 6.07 Å². The van der Waals surface area contributed by atoms with Gasteiger partial charge in [-0.25, -0.2) is 9.69 Å². The summed E-state index contributed by atoms with van der Waals surface area (Å²) in [4.78, 5) is 28.7. The fraction of sp³-hybridized carbons (Fsp3) is 0.192. The SMILES string of the molecule is CC1(C)C(=O)N(c2ccc(C#N)c(C(F)(F)F)c2)C(=O)N1Cc1ccccc1Nc1ccccc1Cl. The molecule has 0 aromatic heterocycles. The molecule has 1 fully saturated rings. The van der Waals surface area contributed by atoms with Crippen LogP contribution in [0.25, 0.3) is 0 Å². The number of carbonyl (C=O) groups is 2. The van der Waals surface area contributed by atoms with Crippen molar-refractivity contribution >= 4 is 40.6 Å². The molecule has 3 aromatic carbocycles. The molecule has 3 amide bonds. The Kier molecular flexibility index (Phi) is 6.41. The third-order valence-corrected chi connectivity index (χ3v) is 6.33. The number of amides is 3. The predicted octanol–water partition coefficient (Wildman–Crippen LogP) is 6.72. The number of halogens is 4. The average Bonchev–Trinajstić information content (AvgIpc) is 3.00. The minimum atomic E-state index is -4.83. The number of rotatable bonds is 5. The van der Waals surface area contributed by atoms with E-state index in [0.717, 1.165) is 17.0 Å². The molecule has 4 rings (SSSR count). The van der Waals surface area contributed by atoms with Crippen LogP contribution >= 0.6 is 11.6 Å². The zero-order valence-corrected chi connectivity index (χ0v) is 20.0. The highest BCUT2D eigenvalue weighted by Gasteiger charge is 2.52. The van der Waals surface area contributed by atoms with Gasteiger partial charge < -0.3 is 10.2 Å². The largest absolute Gasteiger partial charge is 0.417 e. The number of hydrogen-bond donors (Lipinski definition) is 1. The molecule has 0 radical (unpaired) electrons. The summed E-state index contributed by atoms with van der Waals surface area (Å²) in [5, 5.41) is 12.8. The average molecular weight is 513 g/mol. The summed E-state index contributed by atoms with van der Waals surface area (Å²) < 4.78 is 40.5. The number of nitrogens with zero attached hydrogens (tertiary/aromatic N) is 3. The van der Waals surface area contributed by atoms with Crippen molar-refractivity contribution in [1.82, 2.24) is 4.90 Å². The van der Waals surface area contributed by atoms with E-state index in [1.165, 1.54) is 24.8 Å². The molecule has 0 saturated carbocycles. The highest BCUT2D eigenvalue weighted by Crippen LogP contribution is 2.39. The van der Waals surface area contributed by atoms with Gasteiger partial charge in [-0.2, -0.15) is 18.4 Å². The number of urea groups is 1. The van der Waals surface area contributed by atoms with Gasteiger partial charge in [0.2, 0.25) is 0 Å². The fourth-order valence-corrected chi connectivity index (χ4v) is 4.17. The van der Waals surface area contributed by atoms with Crippen LogP contribution in [-0.4, -0.2) is 22.4 Å². The van der Waals surface area contributed by atoms with Gasteiger partial charge in [0, 0.05) is 5.69 Å². The van der Waals surface area contributed by atoms with Crippen LogP contribution in [-0.2, 0) is 17.5 Å². The summed E-state index contributed by atoms with van der Waals surface area (Å²) in [6.45, 7) is 3.07. The van der Waals surface area contributed by atoms with Crippen molar-refractivity contribution in [2.45, 2.75) is 32.1 Å². The molecule has 3 aromatic rings. The Labute approximate surface area is 210 Å². The molecule has 184 valence electrons. The van der Waals surface area contributed by atoms with Crippen LogP contribution in [0.1, 0.15) is 30.5 Å². The molecular weight excluding hydrogens is 493 g/mol. The lowest BCUT2D eigenvalue weighted by atomic mass is 10.0. The Morgan fingerprint density at radius 3 is 2.28 bits per heavy atom. The van der Waals surface area contributed by atoms with Gasteiger partial charge in [-0.05, 0) is 55.8 Å². The number of benzene rings is 3. The van der Waals surface area contributed by atoms with Crippen molar-refractivity contribution in [2.24, 2.45) is 0 Å². The quantitative estimate of drug-likeness (QED) is 0.385. The van der Waals surface area contributed by atoms with Gasteiger partial charge in [-0.1, -0.05) is 41.9 Å². The number of imide groups is 1. The summed E-state index contributed by atoms with van der Waals surface area (Å²) in [6, 6.07) is 17.8. The lowest BCUT2D eigenvalue weighted by Gasteiger charge is -2.28. The molecule has 1 aliphatic rings. The smallest absolute Gasteiger partial charge is 0.354 e. The third kappa shape index (κ3) is 4.48. The van der Waals surface area contributed by atoms with Crippen LogP contribution in [0.2, 0.25) is 5.02 Å². The number of carbonyl (C=O) groups excluding carboxylic acids is 2. The van der Waals surface area contributed by atoms with E-state index in [2.05, 4.69) is 5.32 Å². The molecule has 0 aliphatic carbocycles. The fourth-order valence-electron chi connectivity index (χ4n) is 3.99. The molecule has 0 unspecified atom stereocenters. The van der Waals surface area contributed by atoms with Gasteiger partial charge in [-0.3, -0.25) is 4.79 Å². The minimum Gasteiger partial charge on any atom is -0.354 e. The molecule has 6 nitrogen and oxygen atoms in total. The summed E-state index contributed by atoms with van der Waals surface area (Å²) in [5.74, 6) is -0.679. The summed E-state index contributed by atoms with van der Waals surface area (Å²) in [5.41, 5.74) is -1.44. The van der Waals surface area contributed by atoms with Gasteiger partial charge in [0.15, 0.2) is 0 Å². The van der Waals surface area contributed by atoms with Crippen LogP contribution in [0.3, 0.4) is 0 Å². The number of alkyl halides is 3. The van der Waals surface area contributed by atoms with Crippen molar-refractivity contribution < 1.29 is 22.8 Å². The van der Waals surface area contributed by atoms with Gasteiger partial charge in [0.1, 0.15) is 5.54 Å². The number of para-hydroxylation sites is 2. The number of anilines is 3.